The predicted octanol–water partition coefficient (Wildman–Crippen LogP) is 0.424. The molecule has 0 aromatic rings. The van der Waals surface area contributed by atoms with Crippen LogP contribution in [-0.4, -0.2) is 48.6 Å². The Labute approximate surface area is 106 Å². The van der Waals surface area contributed by atoms with Crippen molar-refractivity contribution in [3.05, 3.63) is 0 Å². The number of ether oxygens (including phenoxy) is 4. The maximum Gasteiger partial charge on any atom is 0.338 e. The van der Waals surface area contributed by atoms with Gasteiger partial charge in [-0.15, -0.1) is 0 Å². The van der Waals surface area contributed by atoms with Gasteiger partial charge in [0.1, 0.15) is 6.10 Å². The molecule has 18 heavy (non-hydrogen) atoms. The van der Waals surface area contributed by atoms with Crippen LogP contribution in [0.25, 0.3) is 0 Å². The average molecular weight is 258 g/mol. The number of carbonyl (C=O) groups excluding carboxylic acids is 2. The molecule has 2 aliphatic heterocycles. The summed E-state index contributed by atoms with van der Waals surface area (Å²) in [5.74, 6) is -1.45. The van der Waals surface area contributed by atoms with Gasteiger partial charge < -0.3 is 23.7 Å². The van der Waals surface area contributed by atoms with Crippen LogP contribution >= 0.6 is 0 Å². The van der Waals surface area contributed by atoms with E-state index in [1.165, 1.54) is 0 Å². The van der Waals surface area contributed by atoms with Crippen LogP contribution in [0.15, 0.2) is 0 Å². The molecule has 0 aromatic carbocycles. The smallest absolute Gasteiger partial charge is 0.338 e. The van der Waals surface area contributed by atoms with E-state index in [9.17, 15) is 9.59 Å². The molecule has 0 unspecified atom stereocenters. The first-order valence-corrected chi connectivity index (χ1v) is 6.01. The molecular weight excluding hydrogens is 240 g/mol. The van der Waals surface area contributed by atoms with Gasteiger partial charge in [0.25, 0.3) is 0 Å². The third-order valence-corrected chi connectivity index (χ3v) is 2.82. The number of rotatable bonds is 3. The molecule has 0 radical (unpaired) electrons. The molecule has 0 aliphatic carbocycles. The van der Waals surface area contributed by atoms with E-state index in [2.05, 4.69) is 0 Å². The highest BCUT2D eigenvalue weighted by molar-refractivity contribution is 5.79. The molecule has 6 heteroatoms. The van der Waals surface area contributed by atoms with Crippen LogP contribution in [0.2, 0.25) is 0 Å². The van der Waals surface area contributed by atoms with Crippen molar-refractivity contribution >= 4 is 12.3 Å². The van der Waals surface area contributed by atoms with Crippen molar-refractivity contribution in [3.63, 3.8) is 0 Å². The van der Waals surface area contributed by atoms with Crippen LogP contribution in [-0.2, 0) is 28.5 Å². The van der Waals surface area contributed by atoms with Gasteiger partial charge in [0.15, 0.2) is 30.4 Å². The minimum atomic E-state index is -0.945. The van der Waals surface area contributed by atoms with E-state index in [0.29, 0.717) is 6.29 Å². The third-order valence-electron chi connectivity index (χ3n) is 2.82. The Kier molecular flexibility index (Phi) is 3.44. The third kappa shape index (κ3) is 2.41. The number of carbonyl (C=O) groups is 2. The zero-order chi connectivity index (χ0) is 13.5. The lowest BCUT2D eigenvalue weighted by Crippen LogP contribution is -2.56. The van der Waals surface area contributed by atoms with Gasteiger partial charge in [0, 0.05) is 0 Å². The van der Waals surface area contributed by atoms with E-state index in [0.717, 1.165) is 0 Å². The second kappa shape index (κ2) is 4.60. The molecule has 2 saturated heterocycles. The quantitative estimate of drug-likeness (QED) is 0.540. The Bertz CT molecular complexity index is 350. The van der Waals surface area contributed by atoms with Crippen molar-refractivity contribution in [2.75, 3.05) is 0 Å². The first kappa shape index (κ1) is 13.5. The summed E-state index contributed by atoms with van der Waals surface area (Å²) in [6.45, 7) is 7.02. The Morgan fingerprint density at radius 1 is 1.28 bits per heavy atom. The van der Waals surface area contributed by atoms with Crippen LogP contribution in [0.3, 0.4) is 0 Å². The highest BCUT2D eigenvalue weighted by Crippen LogP contribution is 2.35. The number of aldehydes is 1. The Morgan fingerprint density at radius 2 is 1.94 bits per heavy atom. The van der Waals surface area contributed by atoms with Crippen molar-refractivity contribution in [1.82, 2.24) is 0 Å². The van der Waals surface area contributed by atoms with Gasteiger partial charge in [-0.05, 0) is 27.7 Å². The highest BCUT2D eigenvalue weighted by atomic mass is 16.8. The van der Waals surface area contributed by atoms with E-state index in [1.54, 1.807) is 13.8 Å². The van der Waals surface area contributed by atoms with Gasteiger partial charge in [0.05, 0.1) is 6.10 Å². The lowest BCUT2D eigenvalue weighted by atomic mass is 10.0. The maximum atomic E-state index is 11.7. The van der Waals surface area contributed by atoms with Gasteiger partial charge in [-0.1, -0.05) is 0 Å². The van der Waals surface area contributed by atoms with E-state index < -0.39 is 36.2 Å². The second-order valence-electron chi connectivity index (χ2n) is 5.21. The summed E-state index contributed by atoms with van der Waals surface area (Å²) in [5, 5.41) is 0. The summed E-state index contributed by atoms with van der Waals surface area (Å²) in [6, 6.07) is 0. The molecule has 0 spiro atoms. The predicted molar refractivity (Wildman–Crippen MR) is 59.8 cm³/mol. The molecule has 6 nitrogen and oxygen atoms in total. The van der Waals surface area contributed by atoms with Crippen molar-refractivity contribution in [1.29, 1.82) is 0 Å². The lowest BCUT2D eigenvalue weighted by molar-refractivity contribution is -0.320. The molecule has 4 atom stereocenters. The van der Waals surface area contributed by atoms with Crippen LogP contribution in [0.1, 0.15) is 27.7 Å². The van der Waals surface area contributed by atoms with E-state index >= 15 is 0 Å². The minimum absolute atomic E-state index is 0.134. The van der Waals surface area contributed by atoms with Crippen molar-refractivity contribution in [3.8, 4) is 0 Å². The normalized spacial score (nSPS) is 38.4. The minimum Gasteiger partial charge on any atom is -0.454 e. The molecule has 0 aromatic heterocycles. The largest absolute Gasteiger partial charge is 0.454 e. The number of hydrogen-bond donors (Lipinski definition) is 0. The zero-order valence-electron chi connectivity index (χ0n) is 10.9. The van der Waals surface area contributed by atoms with E-state index in [4.69, 9.17) is 18.9 Å². The highest BCUT2D eigenvalue weighted by Gasteiger charge is 2.56. The fraction of sp³-hybridized carbons (Fsp3) is 0.833. The summed E-state index contributed by atoms with van der Waals surface area (Å²) in [7, 11) is 0. The number of esters is 1. The second-order valence-corrected chi connectivity index (χ2v) is 5.21. The molecule has 2 heterocycles. The first-order valence-electron chi connectivity index (χ1n) is 6.01. The molecule has 0 saturated carbocycles. The Morgan fingerprint density at radius 3 is 2.50 bits per heavy atom. The van der Waals surface area contributed by atoms with E-state index in [-0.39, 0.29) is 6.10 Å². The first-order chi connectivity index (χ1) is 8.34. The maximum absolute atomic E-state index is 11.7. The molecule has 2 fully saturated rings. The van der Waals surface area contributed by atoms with Gasteiger partial charge in [0.2, 0.25) is 0 Å². The van der Waals surface area contributed by atoms with Crippen molar-refractivity contribution in [2.24, 2.45) is 0 Å². The fourth-order valence-corrected chi connectivity index (χ4v) is 2.24. The topological polar surface area (TPSA) is 71.1 Å². The lowest BCUT2D eigenvalue weighted by Gasteiger charge is -2.40. The summed E-state index contributed by atoms with van der Waals surface area (Å²) in [4.78, 5) is 22.8. The molecular formula is C12H18O6. The molecule has 0 amide bonds. The Hall–Kier alpha value is -0.980. The average Bonchev–Trinajstić information content (AvgIpc) is 2.54. The molecule has 0 bridgehead atoms. The Balaban J connectivity index is 2.22. The summed E-state index contributed by atoms with van der Waals surface area (Å²) in [6.07, 6.45) is -2.47. The van der Waals surface area contributed by atoms with Crippen LogP contribution < -0.4 is 0 Å². The van der Waals surface area contributed by atoms with Crippen molar-refractivity contribution in [2.45, 2.75) is 64.0 Å². The van der Waals surface area contributed by atoms with Gasteiger partial charge in [-0.2, -0.15) is 0 Å². The fourth-order valence-electron chi connectivity index (χ4n) is 2.24. The number of hydrogen-bond acceptors (Lipinski definition) is 6. The number of fused-ring (bicyclic) bond motifs is 1. The molecule has 102 valence electrons. The molecule has 0 N–H and O–H groups in total. The van der Waals surface area contributed by atoms with Gasteiger partial charge in [-0.25, -0.2) is 4.79 Å². The summed E-state index contributed by atoms with van der Waals surface area (Å²) >= 11 is 0. The summed E-state index contributed by atoms with van der Waals surface area (Å²) < 4.78 is 21.7. The molecule has 2 aliphatic rings. The molecule has 2 rings (SSSR count). The summed E-state index contributed by atoms with van der Waals surface area (Å²) in [5.41, 5.74) is 0. The standard InChI is InChI=1S/C12H18O6/c1-6(2)15-10-9-8(16-11(10)14)7(5-13)17-12(3,4)18-9/h5-10H,1-4H3/t7-,8+,9-,10-/m1/s1. The van der Waals surface area contributed by atoms with Crippen LogP contribution in [0, 0.1) is 0 Å². The monoisotopic (exact) mass is 258 g/mol. The van der Waals surface area contributed by atoms with E-state index in [1.807, 2.05) is 13.8 Å². The van der Waals surface area contributed by atoms with Gasteiger partial charge in [-0.3, -0.25) is 0 Å². The van der Waals surface area contributed by atoms with Gasteiger partial charge >= 0.3 is 5.97 Å². The van der Waals surface area contributed by atoms with Crippen LogP contribution in [0.4, 0.5) is 0 Å². The SMILES string of the molecule is CC(C)O[C@H]1C(=O)O[C@@H]2[C@H]1OC(C)(C)O[C@@H]2C=O. The van der Waals surface area contributed by atoms with Crippen molar-refractivity contribution < 1.29 is 28.5 Å². The van der Waals surface area contributed by atoms with Crippen LogP contribution in [0.5, 0.6) is 0 Å². The zero-order valence-corrected chi connectivity index (χ0v) is 10.9.